The summed E-state index contributed by atoms with van der Waals surface area (Å²) in [6.07, 6.45) is 4.79. The van der Waals surface area contributed by atoms with E-state index in [1.165, 1.54) is 31.0 Å². The Morgan fingerprint density at radius 2 is 2.09 bits per heavy atom. The number of amides is 1. The normalized spacial score (nSPS) is 26.1. The van der Waals surface area contributed by atoms with Crippen molar-refractivity contribution in [1.82, 2.24) is 10.2 Å². The molecule has 2 saturated heterocycles. The third-order valence-electron chi connectivity index (χ3n) is 4.86. The SMILES string of the molecule is CN(C(=O)CCOc1ccc(F)cc1Cl)C1CC2CCC(C1)N2. The maximum Gasteiger partial charge on any atom is 0.225 e. The summed E-state index contributed by atoms with van der Waals surface area (Å²) in [5.41, 5.74) is 0. The van der Waals surface area contributed by atoms with E-state index in [0.29, 0.717) is 30.3 Å². The number of halogens is 2. The number of hydrogen-bond donors (Lipinski definition) is 1. The monoisotopic (exact) mass is 340 g/mol. The average Bonchev–Trinajstić information content (AvgIpc) is 2.86. The van der Waals surface area contributed by atoms with Gasteiger partial charge in [0.25, 0.3) is 0 Å². The number of nitrogens with one attached hydrogen (secondary N) is 1. The van der Waals surface area contributed by atoms with Crippen LogP contribution in [0, 0.1) is 5.82 Å². The summed E-state index contributed by atoms with van der Waals surface area (Å²) in [6.45, 7) is 0.242. The Morgan fingerprint density at radius 3 is 2.74 bits per heavy atom. The maximum atomic E-state index is 13.0. The molecule has 2 heterocycles. The van der Waals surface area contributed by atoms with E-state index in [1.807, 2.05) is 11.9 Å². The first-order chi connectivity index (χ1) is 11.0. The van der Waals surface area contributed by atoms with Crippen LogP contribution in [-0.2, 0) is 4.79 Å². The Hall–Kier alpha value is -1.33. The second kappa shape index (κ2) is 7.05. The van der Waals surface area contributed by atoms with E-state index in [9.17, 15) is 9.18 Å². The van der Waals surface area contributed by atoms with Crippen LogP contribution in [0.4, 0.5) is 4.39 Å². The van der Waals surface area contributed by atoms with Gasteiger partial charge in [0.1, 0.15) is 11.6 Å². The molecule has 2 bridgehead atoms. The van der Waals surface area contributed by atoms with Crippen LogP contribution in [0.25, 0.3) is 0 Å². The highest BCUT2D eigenvalue weighted by Crippen LogP contribution is 2.29. The van der Waals surface area contributed by atoms with Gasteiger partial charge in [0.05, 0.1) is 18.1 Å². The van der Waals surface area contributed by atoms with Gasteiger partial charge in [-0.05, 0) is 43.9 Å². The predicted octanol–water partition coefficient (Wildman–Crippen LogP) is 2.99. The quantitative estimate of drug-likeness (QED) is 0.896. The molecule has 23 heavy (non-hydrogen) atoms. The fourth-order valence-corrected chi connectivity index (χ4v) is 3.79. The van der Waals surface area contributed by atoms with Gasteiger partial charge in [-0.2, -0.15) is 0 Å². The van der Waals surface area contributed by atoms with Crippen LogP contribution in [-0.4, -0.2) is 42.6 Å². The van der Waals surface area contributed by atoms with Crippen molar-refractivity contribution in [2.24, 2.45) is 0 Å². The van der Waals surface area contributed by atoms with Crippen LogP contribution in [0.1, 0.15) is 32.1 Å². The highest BCUT2D eigenvalue weighted by atomic mass is 35.5. The number of rotatable bonds is 5. The van der Waals surface area contributed by atoms with Crippen LogP contribution in [0.3, 0.4) is 0 Å². The maximum absolute atomic E-state index is 13.0. The highest BCUT2D eigenvalue weighted by molar-refractivity contribution is 6.32. The number of carbonyl (C=O) groups excluding carboxylic acids is 1. The second-order valence-electron chi connectivity index (χ2n) is 6.44. The third-order valence-corrected chi connectivity index (χ3v) is 5.15. The summed E-state index contributed by atoms with van der Waals surface area (Å²) in [7, 11) is 1.88. The lowest BCUT2D eigenvalue weighted by molar-refractivity contribution is -0.133. The number of fused-ring (bicyclic) bond motifs is 2. The van der Waals surface area contributed by atoms with Crippen molar-refractivity contribution in [1.29, 1.82) is 0 Å². The van der Waals surface area contributed by atoms with Gasteiger partial charge in [0.15, 0.2) is 0 Å². The number of carbonyl (C=O) groups is 1. The standard InChI is InChI=1S/C17H22ClFN2O2/c1-21(14-9-12-3-4-13(10-14)20-12)17(22)6-7-23-16-5-2-11(19)8-15(16)18/h2,5,8,12-14,20H,3-4,6-7,9-10H2,1H3. The molecular formula is C17H22ClFN2O2. The zero-order valence-corrected chi connectivity index (χ0v) is 14.0. The molecule has 2 fully saturated rings. The van der Waals surface area contributed by atoms with Crippen molar-refractivity contribution in [2.75, 3.05) is 13.7 Å². The van der Waals surface area contributed by atoms with E-state index in [0.717, 1.165) is 12.8 Å². The molecule has 0 aromatic heterocycles. The second-order valence-corrected chi connectivity index (χ2v) is 6.85. The molecule has 2 aliphatic heterocycles. The molecule has 4 nitrogen and oxygen atoms in total. The van der Waals surface area contributed by atoms with Gasteiger partial charge in [0.2, 0.25) is 5.91 Å². The summed E-state index contributed by atoms with van der Waals surface area (Å²) >= 11 is 5.90. The molecule has 6 heteroatoms. The minimum Gasteiger partial charge on any atom is -0.491 e. The lowest BCUT2D eigenvalue weighted by atomic mass is 9.98. The van der Waals surface area contributed by atoms with Crippen molar-refractivity contribution >= 4 is 17.5 Å². The van der Waals surface area contributed by atoms with Gasteiger partial charge in [-0.3, -0.25) is 4.79 Å². The third kappa shape index (κ3) is 3.96. The van der Waals surface area contributed by atoms with Crippen molar-refractivity contribution in [3.05, 3.63) is 29.0 Å². The number of ether oxygens (including phenoxy) is 1. The fraction of sp³-hybridized carbons (Fsp3) is 0.588. The Morgan fingerprint density at radius 1 is 1.39 bits per heavy atom. The average molecular weight is 341 g/mol. The zero-order chi connectivity index (χ0) is 16.4. The first-order valence-corrected chi connectivity index (χ1v) is 8.50. The smallest absolute Gasteiger partial charge is 0.225 e. The summed E-state index contributed by atoms with van der Waals surface area (Å²) in [4.78, 5) is 14.2. The van der Waals surface area contributed by atoms with Crippen molar-refractivity contribution in [3.63, 3.8) is 0 Å². The summed E-state index contributed by atoms with van der Waals surface area (Å²) < 4.78 is 18.5. The van der Waals surface area contributed by atoms with E-state index in [-0.39, 0.29) is 17.5 Å². The highest BCUT2D eigenvalue weighted by Gasteiger charge is 2.36. The number of benzene rings is 1. The van der Waals surface area contributed by atoms with Crippen molar-refractivity contribution < 1.29 is 13.9 Å². The molecule has 1 aromatic rings. The van der Waals surface area contributed by atoms with Crippen molar-refractivity contribution in [2.45, 2.75) is 50.2 Å². The molecule has 1 aromatic carbocycles. The Kier molecular flexibility index (Phi) is 5.07. The molecule has 1 amide bonds. The molecule has 0 aliphatic carbocycles. The predicted molar refractivity (Wildman–Crippen MR) is 87.3 cm³/mol. The van der Waals surface area contributed by atoms with Gasteiger partial charge < -0.3 is 15.0 Å². The van der Waals surface area contributed by atoms with Crippen LogP contribution in [0.15, 0.2) is 18.2 Å². The van der Waals surface area contributed by atoms with Crippen LogP contribution in [0.2, 0.25) is 5.02 Å². The van der Waals surface area contributed by atoms with Crippen LogP contribution < -0.4 is 10.1 Å². The first-order valence-electron chi connectivity index (χ1n) is 8.12. The summed E-state index contributed by atoms with van der Waals surface area (Å²) in [6, 6.07) is 5.41. The van der Waals surface area contributed by atoms with Gasteiger partial charge in [0, 0.05) is 25.2 Å². The topological polar surface area (TPSA) is 41.6 Å². The summed E-state index contributed by atoms with van der Waals surface area (Å²) in [5.74, 6) is 0.0802. The molecule has 3 rings (SSSR count). The number of nitrogens with zero attached hydrogens (tertiary/aromatic N) is 1. The first kappa shape index (κ1) is 16.5. The molecule has 0 saturated carbocycles. The van der Waals surface area contributed by atoms with Gasteiger partial charge >= 0.3 is 0 Å². The molecule has 0 spiro atoms. The molecule has 126 valence electrons. The Balaban J connectivity index is 1.47. The number of hydrogen-bond acceptors (Lipinski definition) is 3. The zero-order valence-electron chi connectivity index (χ0n) is 13.2. The van der Waals surface area contributed by atoms with Crippen LogP contribution >= 0.6 is 11.6 Å². The van der Waals surface area contributed by atoms with Gasteiger partial charge in [-0.1, -0.05) is 11.6 Å². The minimum absolute atomic E-state index is 0.0783. The van der Waals surface area contributed by atoms with E-state index >= 15 is 0 Å². The number of piperidine rings is 1. The molecular weight excluding hydrogens is 319 g/mol. The minimum atomic E-state index is -0.404. The molecule has 2 unspecified atom stereocenters. The van der Waals surface area contributed by atoms with Gasteiger partial charge in [-0.25, -0.2) is 4.39 Å². The van der Waals surface area contributed by atoms with E-state index < -0.39 is 5.82 Å². The fourth-order valence-electron chi connectivity index (χ4n) is 3.56. The lowest BCUT2D eigenvalue weighted by Crippen LogP contribution is -2.48. The van der Waals surface area contributed by atoms with E-state index in [2.05, 4.69) is 5.32 Å². The Bertz CT molecular complexity index is 572. The largest absolute Gasteiger partial charge is 0.491 e. The molecule has 2 aliphatic rings. The van der Waals surface area contributed by atoms with E-state index in [4.69, 9.17) is 16.3 Å². The Labute approximate surface area is 140 Å². The molecule has 2 atom stereocenters. The molecule has 0 radical (unpaired) electrons. The van der Waals surface area contributed by atoms with Crippen LogP contribution in [0.5, 0.6) is 5.75 Å². The van der Waals surface area contributed by atoms with Crippen molar-refractivity contribution in [3.8, 4) is 5.75 Å². The van der Waals surface area contributed by atoms with Gasteiger partial charge in [-0.15, -0.1) is 0 Å². The van der Waals surface area contributed by atoms with E-state index in [1.54, 1.807) is 0 Å². The summed E-state index contributed by atoms with van der Waals surface area (Å²) in [5, 5.41) is 3.80. The lowest BCUT2D eigenvalue weighted by Gasteiger charge is -2.35. The molecule has 1 N–H and O–H groups in total.